The molecule has 1 aromatic heterocycles. The fourth-order valence-corrected chi connectivity index (χ4v) is 3.37. The molecule has 2 heterocycles. The lowest BCUT2D eigenvalue weighted by atomic mass is 10.00. The summed E-state index contributed by atoms with van der Waals surface area (Å²) in [4.78, 5) is 0. The summed E-state index contributed by atoms with van der Waals surface area (Å²) in [6, 6.07) is 0. The first kappa shape index (κ1) is 14.4. The lowest BCUT2D eigenvalue weighted by molar-refractivity contribution is 0.239. The van der Waals surface area contributed by atoms with Crippen molar-refractivity contribution in [2.75, 3.05) is 25.9 Å². The van der Waals surface area contributed by atoms with E-state index in [4.69, 9.17) is 5.73 Å². The summed E-state index contributed by atoms with van der Waals surface area (Å²) in [6.45, 7) is 2.48. The van der Waals surface area contributed by atoms with E-state index in [-0.39, 0.29) is 0 Å². The van der Waals surface area contributed by atoms with E-state index in [9.17, 15) is 8.42 Å². The SMILES string of the molecule is CS(=O)(=O)N1CCCC(Cn2cc(CCN)nn2)C1. The molecule has 1 aromatic rings. The van der Waals surface area contributed by atoms with Gasteiger partial charge >= 0.3 is 0 Å². The van der Waals surface area contributed by atoms with Crippen LogP contribution in [0.4, 0.5) is 0 Å². The van der Waals surface area contributed by atoms with Crippen molar-refractivity contribution in [3.05, 3.63) is 11.9 Å². The van der Waals surface area contributed by atoms with Gasteiger partial charge in [0.1, 0.15) is 0 Å². The van der Waals surface area contributed by atoms with Crippen LogP contribution in [0.1, 0.15) is 18.5 Å². The Hall–Kier alpha value is -0.990. The average molecular weight is 287 g/mol. The minimum atomic E-state index is -3.08. The highest BCUT2D eigenvalue weighted by atomic mass is 32.2. The van der Waals surface area contributed by atoms with Crippen LogP contribution >= 0.6 is 0 Å². The Morgan fingerprint density at radius 1 is 1.53 bits per heavy atom. The molecule has 1 atom stereocenters. The molecule has 1 fully saturated rings. The molecule has 1 unspecified atom stereocenters. The maximum absolute atomic E-state index is 11.6. The van der Waals surface area contributed by atoms with Gasteiger partial charge in [-0.2, -0.15) is 0 Å². The van der Waals surface area contributed by atoms with E-state index in [2.05, 4.69) is 10.3 Å². The number of hydrogen-bond donors (Lipinski definition) is 1. The first-order valence-electron chi connectivity index (χ1n) is 6.53. The van der Waals surface area contributed by atoms with E-state index >= 15 is 0 Å². The molecular weight excluding hydrogens is 266 g/mol. The van der Waals surface area contributed by atoms with E-state index < -0.39 is 10.0 Å². The van der Waals surface area contributed by atoms with Crippen molar-refractivity contribution < 1.29 is 8.42 Å². The third kappa shape index (κ3) is 3.99. The van der Waals surface area contributed by atoms with Crippen LogP contribution in [-0.4, -0.2) is 53.6 Å². The van der Waals surface area contributed by atoms with E-state index in [0.29, 0.717) is 32.1 Å². The molecule has 0 radical (unpaired) electrons. The highest BCUT2D eigenvalue weighted by Gasteiger charge is 2.26. The standard InChI is InChI=1S/C11H21N5O2S/c1-19(17,18)16-6-2-3-10(8-16)7-15-9-11(4-5-12)13-14-15/h9-10H,2-8,12H2,1H3. The number of hydrogen-bond acceptors (Lipinski definition) is 5. The summed E-state index contributed by atoms with van der Waals surface area (Å²) < 4.78 is 26.4. The summed E-state index contributed by atoms with van der Waals surface area (Å²) in [5.74, 6) is 0.302. The third-order valence-electron chi connectivity index (χ3n) is 3.38. The summed E-state index contributed by atoms with van der Waals surface area (Å²) in [5.41, 5.74) is 6.36. The van der Waals surface area contributed by atoms with Crippen LogP contribution in [0.2, 0.25) is 0 Å². The number of rotatable bonds is 5. The molecule has 108 valence electrons. The monoisotopic (exact) mass is 287 g/mol. The third-order valence-corrected chi connectivity index (χ3v) is 4.65. The molecule has 19 heavy (non-hydrogen) atoms. The van der Waals surface area contributed by atoms with Gasteiger partial charge in [0.05, 0.1) is 11.9 Å². The second kappa shape index (κ2) is 5.98. The van der Waals surface area contributed by atoms with Gasteiger partial charge < -0.3 is 5.73 Å². The lowest BCUT2D eigenvalue weighted by Gasteiger charge is -2.30. The van der Waals surface area contributed by atoms with Gasteiger partial charge in [-0.15, -0.1) is 5.10 Å². The Bertz CT molecular complexity index is 513. The van der Waals surface area contributed by atoms with Crippen molar-refractivity contribution in [1.29, 1.82) is 0 Å². The van der Waals surface area contributed by atoms with Crippen molar-refractivity contribution in [2.45, 2.75) is 25.8 Å². The molecule has 8 heteroatoms. The predicted octanol–water partition coefficient (Wildman–Crippen LogP) is -0.549. The molecule has 0 amide bonds. The summed E-state index contributed by atoms with van der Waals surface area (Å²) in [5, 5.41) is 8.10. The zero-order valence-corrected chi connectivity index (χ0v) is 12.0. The van der Waals surface area contributed by atoms with Gasteiger partial charge in [0.15, 0.2) is 0 Å². The van der Waals surface area contributed by atoms with E-state index in [1.165, 1.54) is 6.26 Å². The van der Waals surface area contributed by atoms with Gasteiger partial charge in [-0.3, -0.25) is 4.68 Å². The fraction of sp³-hybridized carbons (Fsp3) is 0.818. The zero-order valence-electron chi connectivity index (χ0n) is 11.2. The van der Waals surface area contributed by atoms with Crippen LogP contribution in [0.3, 0.4) is 0 Å². The smallest absolute Gasteiger partial charge is 0.211 e. The van der Waals surface area contributed by atoms with Crippen molar-refractivity contribution in [3.8, 4) is 0 Å². The van der Waals surface area contributed by atoms with Crippen molar-refractivity contribution >= 4 is 10.0 Å². The van der Waals surface area contributed by atoms with E-state index in [1.54, 1.807) is 8.99 Å². The molecule has 1 aliphatic rings. The van der Waals surface area contributed by atoms with Gasteiger partial charge in [-0.1, -0.05) is 5.21 Å². The molecule has 0 aliphatic carbocycles. The van der Waals surface area contributed by atoms with Gasteiger partial charge in [-0.05, 0) is 25.3 Å². The summed E-state index contributed by atoms with van der Waals surface area (Å²) >= 11 is 0. The number of aromatic nitrogens is 3. The maximum atomic E-state index is 11.6. The molecule has 0 saturated carbocycles. The van der Waals surface area contributed by atoms with Crippen molar-refractivity contribution in [2.24, 2.45) is 11.7 Å². The molecule has 1 saturated heterocycles. The van der Waals surface area contributed by atoms with Gasteiger partial charge in [0.25, 0.3) is 0 Å². The molecular formula is C11H21N5O2S. The second-order valence-corrected chi connectivity index (χ2v) is 7.08. The van der Waals surface area contributed by atoms with Crippen LogP contribution < -0.4 is 5.73 Å². The summed E-state index contributed by atoms with van der Waals surface area (Å²) in [6.07, 6.45) is 5.82. The average Bonchev–Trinajstić information content (AvgIpc) is 2.76. The van der Waals surface area contributed by atoms with Crippen LogP contribution in [0, 0.1) is 5.92 Å². The topological polar surface area (TPSA) is 94.1 Å². The molecule has 0 bridgehead atoms. The maximum Gasteiger partial charge on any atom is 0.211 e. The lowest BCUT2D eigenvalue weighted by Crippen LogP contribution is -2.40. The van der Waals surface area contributed by atoms with Crippen molar-refractivity contribution in [3.63, 3.8) is 0 Å². The highest BCUT2D eigenvalue weighted by molar-refractivity contribution is 7.88. The number of sulfonamides is 1. The number of piperidine rings is 1. The van der Waals surface area contributed by atoms with E-state index in [1.807, 2.05) is 6.20 Å². The Morgan fingerprint density at radius 3 is 3.00 bits per heavy atom. The number of nitrogens with zero attached hydrogens (tertiary/aromatic N) is 4. The zero-order chi connectivity index (χ0) is 13.9. The summed E-state index contributed by atoms with van der Waals surface area (Å²) in [7, 11) is -3.08. The molecule has 0 aromatic carbocycles. The normalized spacial score (nSPS) is 21.7. The first-order chi connectivity index (χ1) is 8.99. The van der Waals surface area contributed by atoms with Crippen LogP contribution in [0.25, 0.3) is 0 Å². The largest absolute Gasteiger partial charge is 0.330 e. The Labute approximate surface area is 113 Å². The Morgan fingerprint density at radius 2 is 2.32 bits per heavy atom. The Kier molecular flexibility index (Phi) is 4.54. The fourth-order valence-electron chi connectivity index (χ4n) is 2.43. The van der Waals surface area contributed by atoms with Crippen LogP contribution in [-0.2, 0) is 23.0 Å². The van der Waals surface area contributed by atoms with Crippen LogP contribution in [0.15, 0.2) is 6.20 Å². The van der Waals surface area contributed by atoms with Crippen LogP contribution in [0.5, 0.6) is 0 Å². The molecule has 2 rings (SSSR count). The minimum Gasteiger partial charge on any atom is -0.330 e. The predicted molar refractivity (Wildman–Crippen MR) is 71.9 cm³/mol. The quantitative estimate of drug-likeness (QED) is 0.784. The number of nitrogens with two attached hydrogens (primary N) is 1. The highest BCUT2D eigenvalue weighted by Crippen LogP contribution is 2.20. The van der Waals surface area contributed by atoms with Gasteiger partial charge in [-0.25, -0.2) is 12.7 Å². The van der Waals surface area contributed by atoms with E-state index in [0.717, 1.165) is 25.0 Å². The Balaban J connectivity index is 1.94. The molecule has 2 N–H and O–H groups in total. The molecule has 0 spiro atoms. The molecule has 7 nitrogen and oxygen atoms in total. The van der Waals surface area contributed by atoms with Crippen molar-refractivity contribution in [1.82, 2.24) is 19.3 Å². The van der Waals surface area contributed by atoms with Gasteiger partial charge in [0.2, 0.25) is 10.0 Å². The second-order valence-electron chi connectivity index (χ2n) is 5.10. The molecule has 1 aliphatic heterocycles. The van der Waals surface area contributed by atoms with Gasteiger partial charge in [0, 0.05) is 32.3 Å². The first-order valence-corrected chi connectivity index (χ1v) is 8.38. The minimum absolute atomic E-state index is 0.302.